The summed E-state index contributed by atoms with van der Waals surface area (Å²) in [6, 6.07) is 9.02. The minimum atomic E-state index is -0.119. The van der Waals surface area contributed by atoms with E-state index in [9.17, 15) is 5.11 Å². The van der Waals surface area contributed by atoms with Crippen LogP contribution in [0.25, 0.3) is 0 Å². The predicted octanol–water partition coefficient (Wildman–Crippen LogP) is 2.35. The van der Waals surface area contributed by atoms with Crippen LogP contribution in [0, 0.1) is 0 Å². The van der Waals surface area contributed by atoms with Gasteiger partial charge in [0, 0.05) is 12.2 Å². The van der Waals surface area contributed by atoms with Gasteiger partial charge in [-0.25, -0.2) is 0 Å². The van der Waals surface area contributed by atoms with Crippen molar-refractivity contribution in [2.24, 2.45) is 0 Å². The molecule has 0 unspecified atom stereocenters. The van der Waals surface area contributed by atoms with Crippen LogP contribution in [0.15, 0.2) is 24.3 Å². The van der Waals surface area contributed by atoms with E-state index >= 15 is 0 Å². The van der Waals surface area contributed by atoms with Crippen LogP contribution in [-0.2, 0) is 6.42 Å². The molecule has 1 saturated carbocycles. The van der Waals surface area contributed by atoms with E-state index < -0.39 is 0 Å². The molecule has 2 heteroatoms. The zero-order valence-electron chi connectivity index (χ0n) is 9.60. The number of aryl methyl sites for hydroxylation is 1. The van der Waals surface area contributed by atoms with Gasteiger partial charge in [0.25, 0.3) is 0 Å². The van der Waals surface area contributed by atoms with Gasteiger partial charge in [-0.3, -0.25) is 0 Å². The Labute approximate surface area is 96.9 Å². The lowest BCUT2D eigenvalue weighted by atomic mass is 9.99. The van der Waals surface area contributed by atoms with Crippen LogP contribution in [0.3, 0.4) is 0 Å². The van der Waals surface area contributed by atoms with Crippen LogP contribution < -0.4 is 4.90 Å². The molecular formula is C14H19NO. The molecule has 1 aliphatic heterocycles. The number of para-hydroxylation sites is 1. The number of hydrogen-bond donors (Lipinski definition) is 1. The van der Waals surface area contributed by atoms with Crippen molar-refractivity contribution in [3.8, 4) is 0 Å². The van der Waals surface area contributed by atoms with Crippen LogP contribution >= 0.6 is 0 Å². The number of aliphatic hydroxyl groups is 1. The molecule has 0 amide bonds. The van der Waals surface area contributed by atoms with Crippen molar-refractivity contribution in [1.29, 1.82) is 0 Å². The highest BCUT2D eigenvalue weighted by Gasteiger charge is 2.32. The van der Waals surface area contributed by atoms with Crippen molar-refractivity contribution in [3.63, 3.8) is 0 Å². The number of fused-ring (bicyclic) bond motifs is 1. The second-order valence-electron chi connectivity index (χ2n) is 4.99. The SMILES string of the molecule is O[C@@H]1CCC[C@@H]1N1CCCc2ccccc21. The molecule has 1 fully saturated rings. The molecule has 0 saturated heterocycles. The van der Waals surface area contributed by atoms with Gasteiger partial charge in [0.05, 0.1) is 12.1 Å². The van der Waals surface area contributed by atoms with E-state index in [2.05, 4.69) is 29.2 Å². The molecule has 0 spiro atoms. The van der Waals surface area contributed by atoms with Gasteiger partial charge in [0.1, 0.15) is 0 Å². The second kappa shape index (κ2) is 4.10. The first kappa shape index (κ1) is 10.2. The van der Waals surface area contributed by atoms with Crippen LogP contribution in [0.4, 0.5) is 5.69 Å². The maximum Gasteiger partial charge on any atom is 0.0743 e. The van der Waals surface area contributed by atoms with Gasteiger partial charge in [-0.15, -0.1) is 0 Å². The van der Waals surface area contributed by atoms with E-state index in [-0.39, 0.29) is 6.10 Å². The molecule has 16 heavy (non-hydrogen) atoms. The van der Waals surface area contributed by atoms with Crippen LogP contribution in [0.5, 0.6) is 0 Å². The van der Waals surface area contributed by atoms with Gasteiger partial charge >= 0.3 is 0 Å². The molecule has 2 atom stereocenters. The lowest BCUT2D eigenvalue weighted by molar-refractivity contribution is 0.160. The smallest absolute Gasteiger partial charge is 0.0743 e. The maximum absolute atomic E-state index is 10.0. The molecule has 1 aliphatic carbocycles. The fourth-order valence-corrected chi connectivity index (χ4v) is 3.19. The molecule has 0 aromatic heterocycles. The van der Waals surface area contributed by atoms with Crippen molar-refractivity contribution in [3.05, 3.63) is 29.8 Å². The Bertz CT molecular complexity index is 377. The first-order valence-electron chi connectivity index (χ1n) is 6.39. The molecule has 86 valence electrons. The summed E-state index contributed by atoms with van der Waals surface area (Å²) in [4.78, 5) is 2.44. The lowest BCUT2D eigenvalue weighted by Crippen LogP contribution is -2.43. The Morgan fingerprint density at radius 3 is 2.81 bits per heavy atom. The molecule has 1 N–H and O–H groups in total. The number of hydrogen-bond acceptors (Lipinski definition) is 2. The highest BCUT2D eigenvalue weighted by atomic mass is 16.3. The van der Waals surface area contributed by atoms with Gasteiger partial charge < -0.3 is 10.0 Å². The molecule has 1 heterocycles. The summed E-state index contributed by atoms with van der Waals surface area (Å²) >= 11 is 0. The molecule has 1 aromatic rings. The third-order valence-corrected chi connectivity index (χ3v) is 3.99. The zero-order valence-corrected chi connectivity index (χ0v) is 9.60. The average Bonchev–Trinajstić information content (AvgIpc) is 2.75. The summed E-state index contributed by atoms with van der Waals surface area (Å²) in [6.07, 6.45) is 5.59. The highest BCUT2D eigenvalue weighted by molar-refractivity contribution is 5.56. The molecule has 1 aromatic carbocycles. The molecule has 2 nitrogen and oxygen atoms in total. The van der Waals surface area contributed by atoms with E-state index in [1.165, 1.54) is 30.5 Å². The van der Waals surface area contributed by atoms with E-state index in [1.807, 2.05) is 0 Å². The summed E-state index contributed by atoms with van der Waals surface area (Å²) in [5.74, 6) is 0. The zero-order chi connectivity index (χ0) is 11.0. The molecule has 2 aliphatic rings. The van der Waals surface area contributed by atoms with Crippen molar-refractivity contribution in [1.82, 2.24) is 0 Å². The van der Waals surface area contributed by atoms with Gasteiger partial charge in [0.2, 0.25) is 0 Å². The summed E-state index contributed by atoms with van der Waals surface area (Å²) in [5, 5.41) is 10.0. The number of rotatable bonds is 1. The number of benzene rings is 1. The summed E-state index contributed by atoms with van der Waals surface area (Å²) in [7, 11) is 0. The van der Waals surface area contributed by atoms with Crippen LogP contribution in [-0.4, -0.2) is 23.8 Å². The normalized spacial score (nSPS) is 29.2. The average molecular weight is 217 g/mol. The summed E-state index contributed by atoms with van der Waals surface area (Å²) in [5.41, 5.74) is 2.81. The van der Waals surface area contributed by atoms with E-state index in [4.69, 9.17) is 0 Å². The second-order valence-corrected chi connectivity index (χ2v) is 4.99. The molecule has 0 bridgehead atoms. The van der Waals surface area contributed by atoms with Gasteiger partial charge in [-0.1, -0.05) is 18.2 Å². The first-order valence-corrected chi connectivity index (χ1v) is 6.39. The number of aliphatic hydroxyl groups excluding tert-OH is 1. The van der Waals surface area contributed by atoms with Crippen molar-refractivity contribution >= 4 is 5.69 Å². The van der Waals surface area contributed by atoms with Crippen molar-refractivity contribution in [2.45, 2.75) is 44.2 Å². The third kappa shape index (κ3) is 1.61. The fourth-order valence-electron chi connectivity index (χ4n) is 3.19. The minimum absolute atomic E-state index is 0.119. The summed E-state index contributed by atoms with van der Waals surface area (Å²) < 4.78 is 0. The Kier molecular flexibility index (Phi) is 2.60. The quantitative estimate of drug-likeness (QED) is 0.780. The van der Waals surface area contributed by atoms with Crippen molar-refractivity contribution in [2.75, 3.05) is 11.4 Å². The Balaban J connectivity index is 1.92. The first-order chi connectivity index (χ1) is 7.86. The lowest BCUT2D eigenvalue weighted by Gasteiger charge is -2.37. The Morgan fingerprint density at radius 1 is 1.12 bits per heavy atom. The highest BCUT2D eigenvalue weighted by Crippen LogP contribution is 2.34. The third-order valence-electron chi connectivity index (χ3n) is 3.99. The molecule has 3 rings (SSSR count). The van der Waals surface area contributed by atoms with E-state index in [0.29, 0.717) is 6.04 Å². The van der Waals surface area contributed by atoms with E-state index in [0.717, 1.165) is 19.4 Å². The fraction of sp³-hybridized carbons (Fsp3) is 0.571. The maximum atomic E-state index is 10.0. The topological polar surface area (TPSA) is 23.5 Å². The molecular weight excluding hydrogens is 198 g/mol. The molecule has 0 radical (unpaired) electrons. The monoisotopic (exact) mass is 217 g/mol. The van der Waals surface area contributed by atoms with Crippen molar-refractivity contribution < 1.29 is 5.11 Å². The van der Waals surface area contributed by atoms with E-state index in [1.54, 1.807) is 0 Å². The Hall–Kier alpha value is -1.02. The number of nitrogens with zero attached hydrogens (tertiary/aromatic N) is 1. The Morgan fingerprint density at radius 2 is 2.00 bits per heavy atom. The van der Waals surface area contributed by atoms with Crippen LogP contribution in [0.1, 0.15) is 31.2 Å². The van der Waals surface area contributed by atoms with Gasteiger partial charge in [-0.05, 0) is 43.7 Å². The predicted molar refractivity (Wildman–Crippen MR) is 65.8 cm³/mol. The van der Waals surface area contributed by atoms with Gasteiger partial charge in [0.15, 0.2) is 0 Å². The minimum Gasteiger partial charge on any atom is -0.391 e. The van der Waals surface area contributed by atoms with Crippen LogP contribution in [0.2, 0.25) is 0 Å². The standard InChI is InChI=1S/C14H19NO/c16-14-9-3-8-13(14)15-10-4-6-11-5-1-2-7-12(11)15/h1-2,5,7,13-14,16H,3-4,6,8-10H2/t13-,14+/m0/s1. The summed E-state index contributed by atoms with van der Waals surface area (Å²) in [6.45, 7) is 1.11. The largest absolute Gasteiger partial charge is 0.391 e. The van der Waals surface area contributed by atoms with Gasteiger partial charge in [-0.2, -0.15) is 0 Å². The number of anilines is 1.